The molecule has 10 nitrogen and oxygen atoms in total. The molecule has 0 radical (unpaired) electrons. The molecule has 0 fully saturated rings. The molecule has 2 aliphatic carbocycles. The summed E-state index contributed by atoms with van der Waals surface area (Å²) in [5.74, 6) is 0.493. The molecule has 0 spiro atoms. The number of methoxy groups -OCH3 is 4. The van der Waals surface area contributed by atoms with Crippen LogP contribution in [0.15, 0.2) is 41.8 Å². The molecule has 2 aromatic rings. The minimum Gasteiger partial charge on any atom is -0.493 e. The summed E-state index contributed by atoms with van der Waals surface area (Å²) in [7, 11) is 6.00. The van der Waals surface area contributed by atoms with Gasteiger partial charge >= 0.3 is 0 Å². The van der Waals surface area contributed by atoms with Gasteiger partial charge in [0.2, 0.25) is 17.4 Å². The summed E-state index contributed by atoms with van der Waals surface area (Å²) in [5.41, 5.74) is 2.83. The van der Waals surface area contributed by atoms with E-state index in [9.17, 15) is 14.0 Å². The molecule has 1 amide bonds. The Morgan fingerprint density at radius 1 is 1.13 bits per heavy atom. The van der Waals surface area contributed by atoms with Gasteiger partial charge in [-0.1, -0.05) is 0 Å². The molecular weight excluding hydrogens is 497 g/mol. The number of nitrogens with one attached hydrogen (secondary N) is 1. The van der Waals surface area contributed by atoms with E-state index in [0.717, 1.165) is 11.8 Å². The van der Waals surface area contributed by atoms with E-state index in [1.165, 1.54) is 45.4 Å². The molecule has 2 unspecified atom stereocenters. The van der Waals surface area contributed by atoms with Gasteiger partial charge in [0.25, 0.3) is 0 Å². The summed E-state index contributed by atoms with van der Waals surface area (Å²) in [5, 5.41) is 4.46. The molecule has 6 rings (SSSR count). The van der Waals surface area contributed by atoms with Gasteiger partial charge in [0.05, 0.1) is 40.7 Å². The summed E-state index contributed by atoms with van der Waals surface area (Å²) >= 11 is 0. The van der Waals surface area contributed by atoms with Crippen molar-refractivity contribution in [1.82, 2.24) is 10.3 Å². The molecule has 200 valence electrons. The monoisotopic (exact) mass is 525 g/mol. The Hall–Kier alpha value is -4.12. The molecular formula is C27H28FN3O7. The fourth-order valence-electron chi connectivity index (χ4n) is 5.44. The molecule has 1 aromatic heterocycles. The van der Waals surface area contributed by atoms with Crippen LogP contribution in [0.3, 0.4) is 0 Å². The molecule has 2 aliphatic heterocycles. The standard InChI is InChI=1S/C27H28FN3O7/c1-13(32)30-16-8-6-14-10-19(35-3)25(36-4)27(37-5)21(14)23-17-11-18(34-2)24(33)26(22(16)23)38-31(17)20-9-7-15(28)12-29-20/h7,9-12,16-17,26H,6,8H2,1-5H3,(H,30,32)/t16-,17?,26?/m0/s1. The number of hydrogen-bond acceptors (Lipinski definition) is 9. The number of benzene rings is 1. The maximum absolute atomic E-state index is 13.7. The van der Waals surface area contributed by atoms with Gasteiger partial charge in [-0.25, -0.2) is 14.4 Å². The number of carbonyl (C=O) groups is 2. The third-order valence-corrected chi connectivity index (χ3v) is 6.94. The molecule has 0 saturated heterocycles. The predicted octanol–water partition coefficient (Wildman–Crippen LogP) is 2.75. The van der Waals surface area contributed by atoms with Crippen LogP contribution in [0.1, 0.15) is 24.5 Å². The Morgan fingerprint density at radius 3 is 2.50 bits per heavy atom. The number of ketones is 1. The van der Waals surface area contributed by atoms with E-state index in [-0.39, 0.29) is 17.5 Å². The van der Waals surface area contributed by atoms with Crippen molar-refractivity contribution in [2.45, 2.75) is 38.0 Å². The highest BCUT2D eigenvalue weighted by Crippen LogP contribution is 2.52. The van der Waals surface area contributed by atoms with Crippen molar-refractivity contribution in [2.24, 2.45) is 0 Å². The summed E-state index contributed by atoms with van der Waals surface area (Å²) < 4.78 is 36.4. The Balaban J connectivity index is 1.86. The van der Waals surface area contributed by atoms with Crippen LogP contribution in [0.4, 0.5) is 10.2 Å². The molecule has 2 bridgehead atoms. The van der Waals surface area contributed by atoms with E-state index in [0.29, 0.717) is 46.8 Å². The first-order valence-electron chi connectivity index (χ1n) is 12.0. The average molecular weight is 526 g/mol. The molecule has 38 heavy (non-hydrogen) atoms. The molecule has 3 atom stereocenters. The van der Waals surface area contributed by atoms with Crippen molar-refractivity contribution in [3.63, 3.8) is 0 Å². The molecule has 0 saturated carbocycles. The normalized spacial score (nSPS) is 22.1. The van der Waals surface area contributed by atoms with Gasteiger partial charge in [0, 0.05) is 12.5 Å². The largest absolute Gasteiger partial charge is 0.493 e. The SMILES string of the molecule is COC1=CC2C3=C(C(ON2c2ccc(F)cn2)C1=O)[C@@H](NC(C)=O)CCc1cc(OC)c(OC)c(OC)c13. The summed E-state index contributed by atoms with van der Waals surface area (Å²) in [6.45, 7) is 1.43. The lowest BCUT2D eigenvalue weighted by Crippen LogP contribution is -2.50. The number of carbonyl (C=O) groups excluding carboxylic acids is 2. The number of rotatable bonds is 6. The van der Waals surface area contributed by atoms with Crippen molar-refractivity contribution in [3.8, 4) is 17.2 Å². The zero-order chi connectivity index (χ0) is 27.1. The lowest BCUT2D eigenvalue weighted by atomic mass is 9.85. The van der Waals surface area contributed by atoms with Crippen LogP contribution < -0.4 is 24.6 Å². The Morgan fingerprint density at radius 2 is 1.89 bits per heavy atom. The third kappa shape index (κ3) is 4.03. The van der Waals surface area contributed by atoms with Crippen LogP contribution in [-0.4, -0.2) is 63.3 Å². The van der Waals surface area contributed by atoms with E-state index < -0.39 is 29.8 Å². The van der Waals surface area contributed by atoms with Crippen molar-refractivity contribution < 1.29 is 37.8 Å². The number of aromatic nitrogens is 1. The molecule has 4 aliphatic rings. The first kappa shape index (κ1) is 25.5. The number of fused-ring (bicyclic) bond motifs is 3. The zero-order valence-corrected chi connectivity index (χ0v) is 21.7. The van der Waals surface area contributed by atoms with Crippen LogP contribution >= 0.6 is 0 Å². The highest BCUT2D eigenvalue weighted by atomic mass is 19.1. The lowest BCUT2D eigenvalue weighted by Gasteiger charge is -2.40. The summed E-state index contributed by atoms with van der Waals surface area (Å²) in [6, 6.07) is 3.33. The van der Waals surface area contributed by atoms with E-state index in [1.54, 1.807) is 13.2 Å². The van der Waals surface area contributed by atoms with Crippen LogP contribution in [0.25, 0.3) is 5.57 Å². The number of ether oxygens (including phenoxy) is 4. The van der Waals surface area contributed by atoms with Crippen molar-refractivity contribution >= 4 is 23.1 Å². The highest BCUT2D eigenvalue weighted by molar-refractivity contribution is 6.05. The van der Waals surface area contributed by atoms with Crippen molar-refractivity contribution in [3.05, 3.63) is 58.7 Å². The smallest absolute Gasteiger partial charge is 0.232 e. The first-order valence-corrected chi connectivity index (χ1v) is 12.0. The second-order valence-corrected chi connectivity index (χ2v) is 9.03. The van der Waals surface area contributed by atoms with Crippen LogP contribution in [0.2, 0.25) is 0 Å². The summed E-state index contributed by atoms with van der Waals surface area (Å²) in [6.07, 6.45) is 2.59. The van der Waals surface area contributed by atoms with Crippen LogP contribution in [0, 0.1) is 5.82 Å². The number of pyridine rings is 1. The third-order valence-electron chi connectivity index (χ3n) is 6.94. The second-order valence-electron chi connectivity index (χ2n) is 9.03. The lowest BCUT2D eigenvalue weighted by molar-refractivity contribution is -0.129. The number of hydroxylamine groups is 1. The average Bonchev–Trinajstić information content (AvgIpc) is 3.21. The maximum Gasteiger partial charge on any atom is 0.232 e. The Labute approximate surface area is 218 Å². The van der Waals surface area contributed by atoms with Gasteiger partial charge in [-0.15, -0.1) is 0 Å². The summed E-state index contributed by atoms with van der Waals surface area (Å²) in [4.78, 5) is 36.5. The molecule has 1 N–H and O–H groups in total. The molecule has 1 aromatic carbocycles. The highest BCUT2D eigenvalue weighted by Gasteiger charge is 2.50. The van der Waals surface area contributed by atoms with Crippen LogP contribution in [-0.2, 0) is 25.6 Å². The zero-order valence-electron chi connectivity index (χ0n) is 21.7. The van der Waals surface area contributed by atoms with Gasteiger partial charge in [0.1, 0.15) is 11.9 Å². The number of hydrogen-bond donors (Lipinski definition) is 1. The number of anilines is 1. The number of halogens is 1. The van der Waals surface area contributed by atoms with Crippen molar-refractivity contribution in [2.75, 3.05) is 33.5 Å². The van der Waals surface area contributed by atoms with Gasteiger partial charge in [0.15, 0.2) is 29.2 Å². The minimum atomic E-state index is -1.15. The number of nitrogens with zero attached hydrogens (tertiary/aromatic N) is 2. The maximum atomic E-state index is 13.7. The first-order chi connectivity index (χ1) is 18.3. The van der Waals surface area contributed by atoms with E-state index in [4.69, 9.17) is 23.8 Å². The molecule has 3 heterocycles. The fraction of sp³-hybridized carbons (Fsp3) is 0.370. The minimum absolute atomic E-state index is 0.0975. The van der Waals surface area contributed by atoms with E-state index in [2.05, 4.69) is 10.3 Å². The molecule has 11 heteroatoms. The Bertz CT molecular complexity index is 1360. The number of amides is 1. The van der Waals surface area contributed by atoms with Gasteiger partial charge in [-0.05, 0) is 53.8 Å². The van der Waals surface area contributed by atoms with E-state index >= 15 is 0 Å². The predicted molar refractivity (Wildman–Crippen MR) is 134 cm³/mol. The number of Topliss-reactive ketones (excluding diaryl/α,β-unsaturated/α-hetero) is 1. The van der Waals surface area contributed by atoms with Crippen molar-refractivity contribution in [1.29, 1.82) is 0 Å². The van der Waals surface area contributed by atoms with Gasteiger partial charge in [-0.3, -0.25) is 14.4 Å². The Kier molecular flexibility index (Phi) is 6.70. The van der Waals surface area contributed by atoms with Crippen LogP contribution in [0.5, 0.6) is 17.2 Å². The van der Waals surface area contributed by atoms with Gasteiger partial charge < -0.3 is 24.3 Å². The topological polar surface area (TPSA) is 108 Å². The second kappa shape index (κ2) is 9.97. The fourth-order valence-corrected chi connectivity index (χ4v) is 5.44. The quantitative estimate of drug-likeness (QED) is 0.609. The van der Waals surface area contributed by atoms with Gasteiger partial charge in [-0.2, -0.15) is 0 Å². The number of aryl methyl sites for hydroxylation is 1. The van der Waals surface area contributed by atoms with E-state index in [1.807, 2.05) is 6.07 Å².